The minimum atomic E-state index is -0.0262. The number of likely N-dealkylation sites (tertiary alicyclic amines) is 1. The fourth-order valence-corrected chi connectivity index (χ4v) is 3.06. The lowest BCUT2D eigenvalue weighted by Crippen LogP contribution is -2.54. The molecule has 128 valence electrons. The van der Waals surface area contributed by atoms with Crippen molar-refractivity contribution in [2.75, 3.05) is 27.3 Å². The first kappa shape index (κ1) is 17.6. The molecule has 23 heavy (non-hydrogen) atoms. The second-order valence-electron chi connectivity index (χ2n) is 6.88. The summed E-state index contributed by atoms with van der Waals surface area (Å²) in [5.41, 5.74) is 7.11. The minimum absolute atomic E-state index is 0.0262. The molecular formula is C18H28N2O3. The topological polar surface area (TPSA) is 64.8 Å². The van der Waals surface area contributed by atoms with E-state index in [2.05, 4.69) is 13.8 Å². The first-order valence-electron chi connectivity index (χ1n) is 8.11. The lowest BCUT2D eigenvalue weighted by atomic mass is 9.79. The summed E-state index contributed by atoms with van der Waals surface area (Å²) in [5.74, 6) is 1.74. The van der Waals surface area contributed by atoms with E-state index in [1.54, 1.807) is 14.2 Å². The molecule has 1 aromatic rings. The summed E-state index contributed by atoms with van der Waals surface area (Å²) in [6, 6.07) is 5.83. The molecule has 2 N–H and O–H groups in total. The van der Waals surface area contributed by atoms with Gasteiger partial charge in [-0.15, -0.1) is 0 Å². The smallest absolute Gasteiger partial charge is 0.222 e. The normalized spacial score (nSPS) is 20.2. The number of benzene rings is 1. The van der Waals surface area contributed by atoms with Gasteiger partial charge in [0, 0.05) is 25.6 Å². The highest BCUT2D eigenvalue weighted by molar-refractivity contribution is 5.76. The summed E-state index contributed by atoms with van der Waals surface area (Å²) in [6.07, 6.45) is 1.97. The molecular weight excluding hydrogens is 292 g/mol. The second kappa shape index (κ2) is 7.21. The van der Waals surface area contributed by atoms with Crippen molar-refractivity contribution in [1.29, 1.82) is 0 Å². The summed E-state index contributed by atoms with van der Waals surface area (Å²) in [5, 5.41) is 0. The molecule has 1 heterocycles. The Morgan fingerprint density at radius 2 is 2.09 bits per heavy atom. The predicted molar refractivity (Wildman–Crippen MR) is 90.8 cm³/mol. The number of nitrogens with zero attached hydrogens (tertiary/aromatic N) is 1. The van der Waals surface area contributed by atoms with Crippen LogP contribution in [0, 0.1) is 5.41 Å². The lowest BCUT2D eigenvalue weighted by molar-refractivity contribution is -0.134. The summed E-state index contributed by atoms with van der Waals surface area (Å²) in [6.45, 7) is 5.73. The Labute approximate surface area is 138 Å². The molecule has 1 saturated heterocycles. The highest BCUT2D eigenvalue weighted by Gasteiger charge is 2.35. The van der Waals surface area contributed by atoms with Gasteiger partial charge in [-0.3, -0.25) is 4.79 Å². The number of aryl methyl sites for hydroxylation is 1. The number of carbonyl (C=O) groups is 1. The average Bonchev–Trinajstić information content (AvgIpc) is 2.54. The third kappa shape index (κ3) is 4.16. The van der Waals surface area contributed by atoms with Crippen molar-refractivity contribution in [3.05, 3.63) is 23.8 Å². The maximum atomic E-state index is 12.5. The average molecular weight is 320 g/mol. The number of amides is 1. The zero-order valence-electron chi connectivity index (χ0n) is 14.6. The summed E-state index contributed by atoms with van der Waals surface area (Å²) in [4.78, 5) is 14.5. The predicted octanol–water partition coefficient (Wildman–Crippen LogP) is 2.22. The quantitative estimate of drug-likeness (QED) is 0.903. The van der Waals surface area contributed by atoms with Gasteiger partial charge in [-0.2, -0.15) is 0 Å². The summed E-state index contributed by atoms with van der Waals surface area (Å²) >= 11 is 0. The molecule has 1 fully saturated rings. The van der Waals surface area contributed by atoms with Gasteiger partial charge in [-0.25, -0.2) is 0 Å². The molecule has 0 radical (unpaired) electrons. The van der Waals surface area contributed by atoms with Crippen LogP contribution in [0.1, 0.15) is 32.3 Å². The number of rotatable bonds is 5. The highest BCUT2D eigenvalue weighted by Crippen LogP contribution is 2.29. The van der Waals surface area contributed by atoms with E-state index in [1.807, 2.05) is 23.1 Å². The van der Waals surface area contributed by atoms with Gasteiger partial charge in [0.05, 0.1) is 14.2 Å². The molecule has 1 amide bonds. The Hall–Kier alpha value is -1.75. The molecule has 0 saturated carbocycles. The van der Waals surface area contributed by atoms with Crippen molar-refractivity contribution < 1.29 is 14.3 Å². The third-order valence-corrected chi connectivity index (χ3v) is 4.76. The van der Waals surface area contributed by atoms with Crippen molar-refractivity contribution in [1.82, 2.24) is 4.90 Å². The van der Waals surface area contributed by atoms with Crippen LogP contribution in [-0.2, 0) is 11.2 Å². The SMILES string of the molecule is COc1ccc(OC)c(CCC(=O)N2CCC(N)C(C)(C)C2)c1. The fraction of sp³-hybridized carbons (Fsp3) is 0.611. The molecule has 0 spiro atoms. The van der Waals surface area contributed by atoms with Crippen LogP contribution in [0.25, 0.3) is 0 Å². The molecule has 2 rings (SSSR count). The number of hydrogen-bond acceptors (Lipinski definition) is 4. The Morgan fingerprint density at radius 3 is 2.70 bits per heavy atom. The molecule has 0 aromatic heterocycles. The Morgan fingerprint density at radius 1 is 1.35 bits per heavy atom. The Kier molecular flexibility index (Phi) is 5.52. The van der Waals surface area contributed by atoms with Crippen LogP contribution < -0.4 is 15.2 Å². The van der Waals surface area contributed by atoms with Gasteiger partial charge in [0.2, 0.25) is 5.91 Å². The number of ether oxygens (including phenoxy) is 2. The van der Waals surface area contributed by atoms with Crippen LogP contribution in [0.4, 0.5) is 0 Å². The zero-order valence-corrected chi connectivity index (χ0v) is 14.6. The van der Waals surface area contributed by atoms with Crippen molar-refractivity contribution >= 4 is 5.91 Å². The maximum Gasteiger partial charge on any atom is 0.222 e. The largest absolute Gasteiger partial charge is 0.497 e. The van der Waals surface area contributed by atoms with Crippen LogP contribution in [0.5, 0.6) is 11.5 Å². The molecule has 1 aliphatic rings. The van der Waals surface area contributed by atoms with Crippen LogP contribution in [0.3, 0.4) is 0 Å². The van der Waals surface area contributed by atoms with Crippen molar-refractivity contribution in [3.63, 3.8) is 0 Å². The first-order valence-corrected chi connectivity index (χ1v) is 8.11. The van der Waals surface area contributed by atoms with Gasteiger partial charge >= 0.3 is 0 Å². The van der Waals surface area contributed by atoms with Gasteiger partial charge in [-0.1, -0.05) is 13.8 Å². The number of carbonyl (C=O) groups excluding carboxylic acids is 1. The van der Waals surface area contributed by atoms with Gasteiger partial charge in [0.1, 0.15) is 11.5 Å². The zero-order chi connectivity index (χ0) is 17.0. The van der Waals surface area contributed by atoms with Crippen LogP contribution in [-0.4, -0.2) is 44.2 Å². The first-order chi connectivity index (χ1) is 10.9. The highest BCUT2D eigenvalue weighted by atomic mass is 16.5. The Bertz CT molecular complexity index is 557. The minimum Gasteiger partial charge on any atom is -0.497 e. The standard InChI is InChI=1S/C18H28N2O3/c1-18(2)12-20(10-9-16(18)19)17(21)8-5-13-11-14(22-3)6-7-15(13)23-4/h6-7,11,16H,5,8-10,12,19H2,1-4H3. The molecule has 1 aromatic carbocycles. The Balaban J connectivity index is 1.99. The summed E-state index contributed by atoms with van der Waals surface area (Å²) < 4.78 is 10.6. The van der Waals surface area contributed by atoms with E-state index >= 15 is 0 Å². The van der Waals surface area contributed by atoms with Crippen molar-refractivity contribution in [2.45, 2.75) is 39.2 Å². The number of nitrogens with two attached hydrogens (primary N) is 1. The van der Waals surface area contributed by atoms with Crippen LogP contribution in [0.2, 0.25) is 0 Å². The molecule has 1 atom stereocenters. The van der Waals surface area contributed by atoms with E-state index in [4.69, 9.17) is 15.2 Å². The third-order valence-electron chi connectivity index (χ3n) is 4.76. The van der Waals surface area contributed by atoms with Gasteiger partial charge in [0.15, 0.2) is 0 Å². The number of methoxy groups -OCH3 is 2. The molecule has 1 unspecified atom stereocenters. The molecule has 0 aliphatic carbocycles. The fourth-order valence-electron chi connectivity index (χ4n) is 3.06. The van der Waals surface area contributed by atoms with Gasteiger partial charge in [-0.05, 0) is 42.0 Å². The lowest BCUT2D eigenvalue weighted by Gasteiger charge is -2.42. The molecule has 5 nitrogen and oxygen atoms in total. The summed E-state index contributed by atoms with van der Waals surface area (Å²) in [7, 11) is 3.28. The van der Waals surface area contributed by atoms with E-state index in [1.165, 1.54) is 0 Å². The molecule has 1 aliphatic heterocycles. The van der Waals surface area contributed by atoms with Crippen molar-refractivity contribution in [3.8, 4) is 11.5 Å². The monoisotopic (exact) mass is 320 g/mol. The van der Waals surface area contributed by atoms with Crippen LogP contribution in [0.15, 0.2) is 18.2 Å². The van der Waals surface area contributed by atoms with E-state index in [0.29, 0.717) is 12.8 Å². The van der Waals surface area contributed by atoms with Crippen LogP contribution >= 0.6 is 0 Å². The number of piperidine rings is 1. The molecule has 0 bridgehead atoms. The van der Waals surface area contributed by atoms with E-state index in [-0.39, 0.29) is 17.4 Å². The van der Waals surface area contributed by atoms with Gasteiger partial charge in [0.25, 0.3) is 0 Å². The van der Waals surface area contributed by atoms with E-state index < -0.39 is 0 Å². The number of hydrogen-bond donors (Lipinski definition) is 1. The maximum absolute atomic E-state index is 12.5. The van der Waals surface area contributed by atoms with Gasteiger partial charge < -0.3 is 20.1 Å². The van der Waals surface area contributed by atoms with E-state index in [0.717, 1.165) is 36.6 Å². The molecule has 5 heteroatoms. The van der Waals surface area contributed by atoms with Crippen molar-refractivity contribution in [2.24, 2.45) is 11.1 Å². The second-order valence-corrected chi connectivity index (χ2v) is 6.88. The van der Waals surface area contributed by atoms with E-state index in [9.17, 15) is 4.79 Å².